The molecule has 3 aliphatic carbocycles. The van der Waals surface area contributed by atoms with Gasteiger partial charge in [-0.3, -0.25) is 19.3 Å². The van der Waals surface area contributed by atoms with Crippen molar-refractivity contribution in [3.8, 4) is 5.75 Å². The number of nitrogens with two attached hydrogens (primary N) is 1. The molecule has 0 radical (unpaired) electrons. The molecule has 4 rings (SSSR count). The summed E-state index contributed by atoms with van der Waals surface area (Å²) < 4.78 is 0. The first kappa shape index (κ1) is 23.2. The lowest BCUT2D eigenvalue weighted by atomic mass is 9.55. The zero-order valence-electron chi connectivity index (χ0n) is 18.0. The molecule has 0 saturated heterocycles. The summed E-state index contributed by atoms with van der Waals surface area (Å²) in [5.74, 6) is -8.29. The Bertz CT molecular complexity index is 1200. The van der Waals surface area contributed by atoms with Crippen molar-refractivity contribution in [2.24, 2.45) is 17.6 Å². The van der Waals surface area contributed by atoms with Crippen LogP contribution in [0.2, 0.25) is 5.02 Å². The van der Waals surface area contributed by atoms with Crippen LogP contribution in [0, 0.1) is 11.8 Å². The number of hydrogen-bond acceptors (Lipinski definition) is 9. The zero-order chi connectivity index (χ0) is 24.8. The Balaban J connectivity index is 2.07. The molecule has 176 valence electrons. The van der Waals surface area contributed by atoms with Crippen LogP contribution in [-0.2, 0) is 15.2 Å². The zero-order valence-corrected chi connectivity index (χ0v) is 18.7. The third-order valence-electron chi connectivity index (χ3n) is 7.07. The molecule has 7 N–H and O–H groups in total. The molecule has 33 heavy (non-hydrogen) atoms. The van der Waals surface area contributed by atoms with Gasteiger partial charge in [-0.2, -0.15) is 0 Å². The maximum Gasteiger partial charge on any atom is 0.255 e. The standard InChI is InChI=1S/C22H23ClN2O8/c1-21(32)7-6-8-15(25(2)3)17(28)13(20(24)31)19(30)22(8,33)18(29)11(7)16(27)12-10(26)5-4-9(23)14(12)21/h4-5,7-8,15,26,28-29,32-33H,6H2,1-3H3,(H2,24,31)/t7-,8-,15-,21?,22-/m0/s1. The van der Waals surface area contributed by atoms with Crippen molar-refractivity contribution >= 4 is 29.1 Å². The van der Waals surface area contributed by atoms with Gasteiger partial charge in [-0.25, -0.2) is 0 Å². The molecule has 11 heteroatoms. The number of aromatic hydroxyl groups is 1. The van der Waals surface area contributed by atoms with Crippen LogP contribution in [0.15, 0.2) is 34.8 Å². The number of carbonyl (C=O) groups excluding carboxylic acids is 3. The minimum absolute atomic E-state index is 0.00293. The van der Waals surface area contributed by atoms with Crippen molar-refractivity contribution < 1.29 is 39.9 Å². The second-order valence-corrected chi connectivity index (χ2v) is 9.49. The van der Waals surface area contributed by atoms with E-state index in [2.05, 4.69) is 0 Å². The van der Waals surface area contributed by atoms with Crippen LogP contribution in [0.25, 0.3) is 0 Å². The molecular weight excluding hydrogens is 456 g/mol. The first-order valence-corrected chi connectivity index (χ1v) is 10.5. The average Bonchev–Trinajstić information content (AvgIpc) is 2.69. The number of aliphatic hydroxyl groups is 4. The highest BCUT2D eigenvalue weighted by Gasteiger charge is 2.65. The number of ketones is 2. The second-order valence-electron chi connectivity index (χ2n) is 9.08. The Hall–Kier alpha value is -2.92. The van der Waals surface area contributed by atoms with Gasteiger partial charge in [0.05, 0.1) is 17.2 Å². The Kier molecular flexibility index (Phi) is 4.96. The van der Waals surface area contributed by atoms with Crippen molar-refractivity contribution in [3.63, 3.8) is 0 Å². The lowest BCUT2D eigenvalue weighted by molar-refractivity contribution is -0.151. The first-order chi connectivity index (χ1) is 15.2. The molecule has 0 spiro atoms. The van der Waals surface area contributed by atoms with Crippen LogP contribution in [0.5, 0.6) is 5.75 Å². The first-order valence-electron chi connectivity index (χ1n) is 10.1. The Labute approximate surface area is 193 Å². The lowest BCUT2D eigenvalue weighted by Gasteiger charge is -2.52. The smallest absolute Gasteiger partial charge is 0.255 e. The predicted octanol–water partition coefficient (Wildman–Crippen LogP) is 0.439. The fraction of sp³-hybridized carbons (Fsp3) is 0.409. The number of fused-ring (bicyclic) bond motifs is 3. The number of aliphatic hydroxyl groups excluding tert-OH is 2. The van der Waals surface area contributed by atoms with E-state index in [9.17, 15) is 39.9 Å². The highest BCUT2D eigenvalue weighted by Crippen LogP contribution is 2.57. The lowest BCUT2D eigenvalue weighted by Crippen LogP contribution is -2.65. The molecule has 1 amide bonds. The van der Waals surface area contributed by atoms with E-state index in [4.69, 9.17) is 17.3 Å². The number of hydrogen-bond donors (Lipinski definition) is 6. The van der Waals surface area contributed by atoms with Crippen molar-refractivity contribution in [1.29, 1.82) is 0 Å². The van der Waals surface area contributed by atoms with E-state index < -0.39 is 75.0 Å². The molecule has 0 saturated carbocycles. The van der Waals surface area contributed by atoms with Gasteiger partial charge in [0.2, 0.25) is 5.78 Å². The summed E-state index contributed by atoms with van der Waals surface area (Å²) in [4.78, 5) is 40.0. The SMILES string of the molecule is CN(C)[C@@H]1C(O)=C(C(N)=O)C(=O)[C@@]2(O)C(O)=C3C(=O)c4c(O)ccc(Cl)c4C(C)(O)[C@H]3C[C@@H]12. The number of Topliss-reactive ketones (excluding diaryl/α,β-unsaturated/α-hetero) is 2. The number of likely N-dealkylation sites (N-methyl/N-ethyl adjacent to an activating group) is 1. The van der Waals surface area contributed by atoms with Gasteiger partial charge in [-0.15, -0.1) is 0 Å². The number of primary amides is 1. The maximum absolute atomic E-state index is 13.4. The van der Waals surface area contributed by atoms with Crippen LogP contribution in [0.4, 0.5) is 0 Å². The third-order valence-corrected chi connectivity index (χ3v) is 7.39. The number of rotatable bonds is 2. The van der Waals surface area contributed by atoms with E-state index in [0.29, 0.717) is 0 Å². The molecule has 0 bridgehead atoms. The van der Waals surface area contributed by atoms with Crippen molar-refractivity contribution in [2.45, 2.75) is 30.6 Å². The number of carbonyl (C=O) groups is 3. The molecule has 0 heterocycles. The summed E-state index contributed by atoms with van der Waals surface area (Å²) in [5, 5.41) is 55.3. The highest BCUT2D eigenvalue weighted by molar-refractivity contribution is 6.33. The molecular formula is C22H23ClN2O8. The summed E-state index contributed by atoms with van der Waals surface area (Å²) in [6.45, 7) is 1.34. The summed E-state index contributed by atoms with van der Waals surface area (Å²) in [6.07, 6.45) is -0.259. The number of nitrogens with zero attached hydrogens (tertiary/aromatic N) is 1. The summed E-state index contributed by atoms with van der Waals surface area (Å²) in [5.41, 5.74) is -1.21. The predicted molar refractivity (Wildman–Crippen MR) is 115 cm³/mol. The van der Waals surface area contributed by atoms with Gasteiger partial charge < -0.3 is 31.3 Å². The minimum atomic E-state index is -2.78. The average molecular weight is 479 g/mol. The van der Waals surface area contributed by atoms with Crippen molar-refractivity contribution in [1.82, 2.24) is 4.90 Å². The molecule has 1 aromatic rings. The minimum Gasteiger partial charge on any atom is -0.510 e. The molecule has 1 aromatic carbocycles. The number of amides is 1. The summed E-state index contributed by atoms with van der Waals surface area (Å²) in [6, 6.07) is 1.30. The third kappa shape index (κ3) is 2.75. The Morgan fingerprint density at radius 3 is 2.33 bits per heavy atom. The van der Waals surface area contributed by atoms with Crippen molar-refractivity contribution in [2.75, 3.05) is 14.1 Å². The van der Waals surface area contributed by atoms with Gasteiger partial charge in [0.1, 0.15) is 22.8 Å². The number of phenolic OH excluding ortho intramolecular Hbond substituents is 1. The van der Waals surface area contributed by atoms with Crippen LogP contribution in [0.3, 0.4) is 0 Å². The quantitative estimate of drug-likeness (QED) is 0.328. The van der Waals surface area contributed by atoms with Crippen LogP contribution < -0.4 is 5.73 Å². The topological polar surface area (TPSA) is 182 Å². The van der Waals surface area contributed by atoms with E-state index in [1.165, 1.54) is 32.0 Å². The van der Waals surface area contributed by atoms with Crippen LogP contribution in [-0.4, -0.2) is 73.6 Å². The van der Waals surface area contributed by atoms with Crippen LogP contribution in [0.1, 0.15) is 29.3 Å². The van der Waals surface area contributed by atoms with E-state index >= 15 is 0 Å². The van der Waals surface area contributed by atoms with E-state index in [1.54, 1.807) is 0 Å². The van der Waals surface area contributed by atoms with Crippen molar-refractivity contribution in [3.05, 3.63) is 50.9 Å². The highest BCUT2D eigenvalue weighted by atomic mass is 35.5. The van der Waals surface area contributed by atoms with Gasteiger partial charge in [-0.1, -0.05) is 11.6 Å². The largest absolute Gasteiger partial charge is 0.510 e. The molecule has 10 nitrogen and oxygen atoms in total. The van der Waals surface area contributed by atoms with E-state index in [0.717, 1.165) is 6.07 Å². The Morgan fingerprint density at radius 1 is 1.18 bits per heavy atom. The molecule has 0 aliphatic heterocycles. The summed E-state index contributed by atoms with van der Waals surface area (Å²) >= 11 is 6.26. The molecule has 3 aliphatic rings. The second kappa shape index (κ2) is 7.04. The Morgan fingerprint density at radius 2 is 1.79 bits per heavy atom. The normalized spacial score (nSPS) is 33.7. The van der Waals surface area contributed by atoms with E-state index in [1.807, 2.05) is 0 Å². The van der Waals surface area contributed by atoms with Gasteiger partial charge in [0.15, 0.2) is 11.4 Å². The van der Waals surface area contributed by atoms with Gasteiger partial charge in [0.25, 0.3) is 5.91 Å². The molecule has 5 atom stereocenters. The molecule has 0 aromatic heterocycles. The number of phenols is 1. The monoisotopic (exact) mass is 478 g/mol. The fourth-order valence-electron chi connectivity index (χ4n) is 5.59. The van der Waals surface area contributed by atoms with Crippen LogP contribution >= 0.6 is 11.6 Å². The fourth-order valence-corrected chi connectivity index (χ4v) is 5.93. The number of halogens is 1. The number of benzene rings is 1. The summed E-state index contributed by atoms with van der Waals surface area (Å²) in [7, 11) is 3.03. The van der Waals surface area contributed by atoms with E-state index in [-0.39, 0.29) is 22.6 Å². The molecule has 1 unspecified atom stereocenters. The maximum atomic E-state index is 13.4. The molecule has 0 fully saturated rings. The van der Waals surface area contributed by atoms with Gasteiger partial charge in [-0.05, 0) is 39.6 Å². The van der Waals surface area contributed by atoms with Gasteiger partial charge >= 0.3 is 0 Å². The van der Waals surface area contributed by atoms with Gasteiger partial charge in [0, 0.05) is 28.0 Å².